The average Bonchev–Trinajstić information content (AvgIpc) is 3.82. The Balaban J connectivity index is 1.08. The van der Waals surface area contributed by atoms with E-state index in [4.69, 9.17) is 25.8 Å². The summed E-state index contributed by atoms with van der Waals surface area (Å²) in [6.45, 7) is 5.86. The molecule has 4 aromatic rings. The van der Waals surface area contributed by atoms with Gasteiger partial charge in [0.05, 0.1) is 41.0 Å². The fourth-order valence-corrected chi connectivity index (χ4v) is 8.46. The van der Waals surface area contributed by atoms with Crippen LogP contribution in [0.25, 0.3) is 11.1 Å². The van der Waals surface area contributed by atoms with Crippen LogP contribution in [0.4, 0.5) is 4.39 Å². The third-order valence-electron chi connectivity index (χ3n) is 11.2. The molecule has 1 aliphatic heterocycles. The van der Waals surface area contributed by atoms with E-state index in [-0.39, 0.29) is 18.8 Å². The molecule has 0 spiro atoms. The molecule has 0 aromatic heterocycles. The topological polar surface area (TPSA) is 111 Å². The van der Waals surface area contributed by atoms with Crippen molar-refractivity contribution in [2.24, 2.45) is 0 Å². The minimum absolute atomic E-state index is 0.00888. The third kappa shape index (κ3) is 9.26. The minimum Gasteiger partial charge on any atom is -0.493 e. The first kappa shape index (κ1) is 38.6. The molecule has 0 bridgehead atoms. The number of rotatable bonds is 14. The number of hydrogen-bond acceptors (Lipinski definition) is 8. The van der Waals surface area contributed by atoms with E-state index in [9.17, 15) is 20.0 Å². The van der Waals surface area contributed by atoms with E-state index in [0.717, 1.165) is 86.2 Å². The number of hydrogen-bond donors (Lipinski definition) is 2. The Kier molecular flexibility index (Phi) is 12.6. The lowest BCUT2D eigenvalue weighted by Crippen LogP contribution is -2.35. The Bertz CT molecular complexity index is 2040. The minimum atomic E-state index is -0.658. The van der Waals surface area contributed by atoms with Gasteiger partial charge in [0.25, 0.3) is 0 Å². The van der Waals surface area contributed by atoms with E-state index in [0.29, 0.717) is 59.2 Å². The Morgan fingerprint density at radius 2 is 1.65 bits per heavy atom. The van der Waals surface area contributed by atoms with Crippen LogP contribution in [0.2, 0.25) is 5.02 Å². The van der Waals surface area contributed by atoms with Crippen LogP contribution in [0, 0.1) is 29.6 Å². The summed E-state index contributed by atoms with van der Waals surface area (Å²) in [5.41, 5.74) is 8.09. The van der Waals surface area contributed by atoms with E-state index < -0.39 is 12.3 Å². The molecule has 1 saturated heterocycles. The van der Waals surface area contributed by atoms with Gasteiger partial charge in [-0.3, -0.25) is 0 Å². The second-order valence-corrected chi connectivity index (χ2v) is 15.4. The van der Waals surface area contributed by atoms with Crippen molar-refractivity contribution < 1.29 is 23.7 Å². The number of aliphatic hydroxyl groups is 1. The summed E-state index contributed by atoms with van der Waals surface area (Å²) < 4.78 is 32.9. The largest absolute Gasteiger partial charge is 0.493 e. The Labute approximate surface area is 328 Å². The molecule has 0 radical (unpaired) electrons. The molecule has 2 aliphatic carbocycles. The predicted octanol–water partition coefficient (Wildman–Crippen LogP) is 8.91. The number of nitriles is 2. The average molecular weight is 763 g/mol. The number of benzene rings is 4. The maximum atomic E-state index is 13.5. The van der Waals surface area contributed by atoms with Crippen LogP contribution in [-0.2, 0) is 19.6 Å². The zero-order valence-electron chi connectivity index (χ0n) is 31.3. The van der Waals surface area contributed by atoms with Crippen LogP contribution in [-0.4, -0.2) is 54.6 Å². The van der Waals surface area contributed by atoms with Crippen LogP contribution in [0.15, 0.2) is 66.7 Å². The van der Waals surface area contributed by atoms with Crippen molar-refractivity contribution in [3.05, 3.63) is 111 Å². The SMILES string of the molecule is Cc1c(OCCCN2CCC(F)CC2)cccc1-c1cccc2c1CC[C@@H]2Oc1cc(OCc2cc(C#N)cc(C#N)c2)c(CN[C@H]2CCC[C@@H]2O)cc1Cl. The number of nitrogens with zero attached hydrogens (tertiary/aromatic N) is 3. The Hall–Kier alpha value is -4.64. The second-order valence-electron chi connectivity index (χ2n) is 15.0. The number of ether oxygens (including phenoxy) is 3. The van der Waals surface area contributed by atoms with Crippen molar-refractivity contribution in [1.82, 2.24) is 10.2 Å². The Morgan fingerprint density at radius 1 is 0.891 bits per heavy atom. The van der Waals surface area contributed by atoms with E-state index in [1.807, 2.05) is 18.2 Å². The van der Waals surface area contributed by atoms with Crippen molar-refractivity contribution in [3.8, 4) is 40.5 Å². The smallest absolute Gasteiger partial charge is 0.142 e. The van der Waals surface area contributed by atoms with Gasteiger partial charge in [-0.05, 0) is 122 Å². The molecule has 2 fully saturated rings. The highest BCUT2D eigenvalue weighted by atomic mass is 35.5. The van der Waals surface area contributed by atoms with Crippen LogP contribution in [0.3, 0.4) is 0 Å². The quantitative estimate of drug-likeness (QED) is 0.123. The summed E-state index contributed by atoms with van der Waals surface area (Å²) in [7, 11) is 0. The van der Waals surface area contributed by atoms with Gasteiger partial charge in [-0.2, -0.15) is 10.5 Å². The van der Waals surface area contributed by atoms with Crippen molar-refractivity contribution in [2.75, 3.05) is 26.2 Å². The van der Waals surface area contributed by atoms with Crippen LogP contribution < -0.4 is 19.5 Å². The molecule has 10 heteroatoms. The summed E-state index contributed by atoms with van der Waals surface area (Å²) in [5.74, 6) is 1.96. The number of piperidine rings is 1. The maximum Gasteiger partial charge on any atom is 0.142 e. The first-order valence-electron chi connectivity index (χ1n) is 19.5. The Morgan fingerprint density at radius 3 is 2.40 bits per heavy atom. The lowest BCUT2D eigenvalue weighted by atomic mass is 9.93. The van der Waals surface area contributed by atoms with Gasteiger partial charge < -0.3 is 29.5 Å². The molecular formula is C45H48ClFN4O4. The molecule has 1 heterocycles. The van der Waals surface area contributed by atoms with Gasteiger partial charge in [-0.25, -0.2) is 4.39 Å². The van der Waals surface area contributed by atoms with Crippen LogP contribution in [0.1, 0.15) is 90.0 Å². The van der Waals surface area contributed by atoms with E-state index >= 15 is 0 Å². The zero-order chi connectivity index (χ0) is 38.3. The number of alkyl halides is 1. The highest BCUT2D eigenvalue weighted by Gasteiger charge is 2.29. The van der Waals surface area contributed by atoms with Gasteiger partial charge in [0.15, 0.2) is 0 Å². The molecule has 3 atom stereocenters. The predicted molar refractivity (Wildman–Crippen MR) is 211 cm³/mol. The molecule has 286 valence electrons. The van der Waals surface area contributed by atoms with Gasteiger partial charge in [-0.15, -0.1) is 0 Å². The lowest BCUT2D eigenvalue weighted by Gasteiger charge is -2.28. The van der Waals surface area contributed by atoms with Crippen molar-refractivity contribution in [2.45, 2.75) is 95.9 Å². The summed E-state index contributed by atoms with van der Waals surface area (Å²) >= 11 is 6.93. The van der Waals surface area contributed by atoms with E-state index in [1.54, 1.807) is 18.2 Å². The first-order valence-corrected chi connectivity index (χ1v) is 19.9. The van der Waals surface area contributed by atoms with Gasteiger partial charge in [0, 0.05) is 43.9 Å². The molecule has 3 aliphatic rings. The molecule has 0 amide bonds. The van der Waals surface area contributed by atoms with Gasteiger partial charge in [-0.1, -0.05) is 41.9 Å². The van der Waals surface area contributed by atoms with Crippen molar-refractivity contribution in [1.29, 1.82) is 10.5 Å². The molecule has 8 nitrogen and oxygen atoms in total. The molecule has 0 unspecified atom stereocenters. The maximum absolute atomic E-state index is 13.5. The van der Waals surface area contributed by atoms with Crippen LogP contribution >= 0.6 is 11.6 Å². The summed E-state index contributed by atoms with van der Waals surface area (Å²) in [6, 6.07) is 25.5. The number of halogens is 2. The highest BCUT2D eigenvalue weighted by Crippen LogP contribution is 2.44. The zero-order valence-corrected chi connectivity index (χ0v) is 32.1. The summed E-state index contributed by atoms with van der Waals surface area (Å²) in [4.78, 5) is 2.33. The fourth-order valence-electron chi connectivity index (χ4n) is 8.23. The molecule has 1 saturated carbocycles. The van der Waals surface area contributed by atoms with Crippen molar-refractivity contribution >= 4 is 11.6 Å². The number of aliphatic hydroxyl groups excluding tert-OH is 1. The molecule has 2 N–H and O–H groups in total. The van der Waals surface area contributed by atoms with E-state index in [2.05, 4.69) is 59.6 Å². The fraction of sp³-hybridized carbons (Fsp3) is 0.422. The molecular weight excluding hydrogens is 715 g/mol. The van der Waals surface area contributed by atoms with Crippen molar-refractivity contribution in [3.63, 3.8) is 0 Å². The van der Waals surface area contributed by atoms with Gasteiger partial charge >= 0.3 is 0 Å². The monoisotopic (exact) mass is 762 g/mol. The van der Waals surface area contributed by atoms with Crippen LogP contribution in [0.5, 0.6) is 17.2 Å². The van der Waals surface area contributed by atoms with Gasteiger partial charge in [0.1, 0.15) is 36.1 Å². The normalized spacial score (nSPS) is 19.8. The lowest BCUT2D eigenvalue weighted by molar-refractivity contribution is 0.143. The number of likely N-dealkylation sites (tertiary alicyclic amines) is 1. The van der Waals surface area contributed by atoms with E-state index in [1.165, 1.54) is 11.1 Å². The summed E-state index contributed by atoms with van der Waals surface area (Å²) in [6.07, 6.45) is 5.15. The molecule has 7 rings (SSSR count). The third-order valence-corrected chi connectivity index (χ3v) is 11.5. The first-order chi connectivity index (χ1) is 26.8. The second kappa shape index (κ2) is 17.9. The summed E-state index contributed by atoms with van der Waals surface area (Å²) in [5, 5.41) is 33.4. The van der Waals surface area contributed by atoms with Gasteiger partial charge in [0.2, 0.25) is 0 Å². The highest BCUT2D eigenvalue weighted by molar-refractivity contribution is 6.32. The number of nitrogens with one attached hydrogen (secondary N) is 1. The standard InChI is InChI=1S/C45H48ClFN4O4/c1-29-35(6-3-11-42(29)53-19-5-16-51-17-14-34(47)15-18-51)36-7-2-8-38-37(36)12-13-43(38)55-45-24-44(54-28-32-21-30(25-48)20-31(22-32)26-49)33(23-39(45)46)27-50-40-9-4-10-41(40)52/h2-3,6-8,11,20-24,34,40-41,43,50,52H,4-5,9-10,12-19,27-28H2,1H3/t40-,41-,43-/m0/s1. The molecule has 4 aromatic carbocycles. The molecule has 55 heavy (non-hydrogen) atoms. The number of fused-ring (bicyclic) bond motifs is 1.